The van der Waals surface area contributed by atoms with E-state index >= 15 is 0 Å². The molecule has 0 amide bonds. The maximum atomic E-state index is 11.6. The number of carboxylic acid groups (broad SMARTS) is 1. The third-order valence-corrected chi connectivity index (χ3v) is 5.27. The Morgan fingerprint density at radius 3 is 2.71 bits per heavy atom. The quantitative estimate of drug-likeness (QED) is 0.874. The zero-order valence-corrected chi connectivity index (χ0v) is 12.6. The summed E-state index contributed by atoms with van der Waals surface area (Å²) in [5.41, 5.74) is 1.25. The maximum absolute atomic E-state index is 11.6. The SMILES string of the molecule is C[C@@H](c1cccc2ccccc12)[N+]1(C)CCC[C@H]1C(=O)O. The van der Waals surface area contributed by atoms with Gasteiger partial charge in [0.2, 0.25) is 0 Å². The molecule has 1 fully saturated rings. The van der Waals surface area contributed by atoms with Crippen molar-refractivity contribution >= 4 is 16.7 Å². The first-order valence-corrected chi connectivity index (χ1v) is 7.59. The van der Waals surface area contributed by atoms with Gasteiger partial charge in [-0.1, -0.05) is 42.5 Å². The fourth-order valence-electron chi connectivity index (χ4n) is 3.85. The number of rotatable bonds is 3. The lowest BCUT2D eigenvalue weighted by Gasteiger charge is -2.40. The topological polar surface area (TPSA) is 37.3 Å². The van der Waals surface area contributed by atoms with Crippen LogP contribution in [-0.2, 0) is 4.79 Å². The molecule has 1 aliphatic rings. The van der Waals surface area contributed by atoms with Gasteiger partial charge in [0.1, 0.15) is 6.04 Å². The van der Waals surface area contributed by atoms with Crippen LogP contribution in [0.4, 0.5) is 0 Å². The molecule has 1 aliphatic heterocycles. The Morgan fingerprint density at radius 2 is 1.95 bits per heavy atom. The molecular weight excluding hydrogens is 262 g/mol. The molecule has 0 saturated carbocycles. The van der Waals surface area contributed by atoms with E-state index in [1.165, 1.54) is 16.3 Å². The van der Waals surface area contributed by atoms with Gasteiger partial charge in [-0.05, 0) is 17.7 Å². The Bertz CT molecular complexity index is 676. The number of hydrogen-bond acceptors (Lipinski definition) is 1. The molecule has 0 bridgehead atoms. The molecule has 1 saturated heterocycles. The van der Waals surface area contributed by atoms with Crippen molar-refractivity contribution in [2.75, 3.05) is 13.6 Å². The summed E-state index contributed by atoms with van der Waals surface area (Å²) >= 11 is 0. The van der Waals surface area contributed by atoms with Crippen molar-refractivity contribution < 1.29 is 14.4 Å². The minimum Gasteiger partial charge on any atom is -0.477 e. The molecule has 2 aromatic rings. The standard InChI is InChI=1S/C18H21NO2/c1-13(19(2)12-6-11-17(19)18(20)21)15-10-5-8-14-7-3-4-9-16(14)15/h3-5,7-10,13,17H,6,11-12H2,1-2H3/p+1/t13-,17-,19?/m0/s1. The van der Waals surface area contributed by atoms with Crippen molar-refractivity contribution in [1.29, 1.82) is 0 Å². The molecule has 3 atom stereocenters. The fourth-order valence-corrected chi connectivity index (χ4v) is 3.85. The van der Waals surface area contributed by atoms with Crippen LogP contribution in [0.5, 0.6) is 0 Å². The highest BCUT2D eigenvalue weighted by Crippen LogP contribution is 2.38. The Morgan fingerprint density at radius 1 is 1.24 bits per heavy atom. The lowest BCUT2D eigenvalue weighted by Crippen LogP contribution is -2.53. The third-order valence-electron chi connectivity index (χ3n) is 5.27. The van der Waals surface area contributed by atoms with Gasteiger partial charge in [0.15, 0.2) is 6.04 Å². The molecule has 3 rings (SSSR count). The number of quaternary nitrogens is 1. The number of likely N-dealkylation sites (tertiary alicyclic amines) is 1. The third kappa shape index (κ3) is 2.22. The van der Waals surface area contributed by atoms with Gasteiger partial charge in [-0.25, -0.2) is 4.79 Å². The highest BCUT2D eigenvalue weighted by Gasteiger charge is 2.47. The summed E-state index contributed by atoms with van der Waals surface area (Å²) in [7, 11) is 2.10. The summed E-state index contributed by atoms with van der Waals surface area (Å²) in [6.45, 7) is 3.10. The first-order valence-electron chi connectivity index (χ1n) is 7.59. The van der Waals surface area contributed by atoms with Crippen LogP contribution in [0.1, 0.15) is 31.4 Å². The Balaban J connectivity index is 2.08. The van der Waals surface area contributed by atoms with Crippen LogP contribution in [0.25, 0.3) is 10.8 Å². The van der Waals surface area contributed by atoms with Crippen LogP contribution < -0.4 is 0 Å². The summed E-state index contributed by atoms with van der Waals surface area (Å²) < 4.78 is 0.601. The van der Waals surface area contributed by atoms with E-state index in [4.69, 9.17) is 0 Å². The minimum absolute atomic E-state index is 0.180. The number of likely N-dealkylation sites (N-methyl/N-ethyl adjacent to an activating group) is 1. The largest absolute Gasteiger partial charge is 0.477 e. The fraction of sp³-hybridized carbons (Fsp3) is 0.389. The predicted molar refractivity (Wildman–Crippen MR) is 84.1 cm³/mol. The normalized spacial score (nSPS) is 26.9. The maximum Gasteiger partial charge on any atom is 0.362 e. The van der Waals surface area contributed by atoms with Crippen LogP contribution in [0.2, 0.25) is 0 Å². The molecule has 0 aromatic heterocycles. The van der Waals surface area contributed by atoms with E-state index in [0.717, 1.165) is 19.4 Å². The molecule has 1 heterocycles. The molecule has 110 valence electrons. The first-order chi connectivity index (χ1) is 10.0. The average molecular weight is 284 g/mol. The van der Waals surface area contributed by atoms with Gasteiger partial charge in [0.05, 0.1) is 13.6 Å². The molecule has 1 N–H and O–H groups in total. The summed E-state index contributed by atoms with van der Waals surface area (Å²) in [6, 6.07) is 14.6. The van der Waals surface area contributed by atoms with Gasteiger partial charge < -0.3 is 9.59 Å². The average Bonchev–Trinajstić information content (AvgIpc) is 2.89. The number of aliphatic carboxylic acids is 1. The van der Waals surface area contributed by atoms with E-state index in [9.17, 15) is 9.90 Å². The first kappa shape index (κ1) is 14.1. The monoisotopic (exact) mass is 284 g/mol. The smallest absolute Gasteiger partial charge is 0.362 e. The van der Waals surface area contributed by atoms with E-state index in [2.05, 4.69) is 50.4 Å². The summed E-state index contributed by atoms with van der Waals surface area (Å²) in [4.78, 5) is 11.6. The Hall–Kier alpha value is -1.87. The Kier molecular flexibility index (Phi) is 3.46. The lowest BCUT2D eigenvalue weighted by atomic mass is 9.96. The van der Waals surface area contributed by atoms with E-state index < -0.39 is 5.97 Å². The number of carboxylic acids is 1. The van der Waals surface area contributed by atoms with Gasteiger partial charge in [-0.15, -0.1) is 0 Å². The predicted octanol–water partition coefficient (Wildman–Crippen LogP) is 3.59. The summed E-state index contributed by atoms with van der Waals surface area (Å²) in [5, 5.41) is 12.0. The molecule has 2 aromatic carbocycles. The van der Waals surface area contributed by atoms with Crippen molar-refractivity contribution in [3.63, 3.8) is 0 Å². The molecule has 0 spiro atoms. The highest BCUT2D eigenvalue weighted by atomic mass is 16.4. The highest BCUT2D eigenvalue weighted by molar-refractivity contribution is 5.86. The lowest BCUT2D eigenvalue weighted by molar-refractivity contribution is -0.940. The number of fused-ring (bicyclic) bond motifs is 1. The van der Waals surface area contributed by atoms with E-state index in [1.807, 2.05) is 6.07 Å². The molecule has 1 unspecified atom stereocenters. The van der Waals surface area contributed by atoms with Crippen LogP contribution >= 0.6 is 0 Å². The second-order valence-electron chi connectivity index (χ2n) is 6.31. The molecule has 3 nitrogen and oxygen atoms in total. The van der Waals surface area contributed by atoms with E-state index in [-0.39, 0.29) is 12.1 Å². The van der Waals surface area contributed by atoms with Crippen LogP contribution in [0, 0.1) is 0 Å². The van der Waals surface area contributed by atoms with E-state index in [0.29, 0.717) is 4.48 Å². The van der Waals surface area contributed by atoms with Crippen LogP contribution in [0.3, 0.4) is 0 Å². The minimum atomic E-state index is -0.665. The molecule has 0 radical (unpaired) electrons. The number of nitrogens with zero attached hydrogens (tertiary/aromatic N) is 1. The van der Waals surface area contributed by atoms with Gasteiger partial charge >= 0.3 is 5.97 Å². The summed E-state index contributed by atoms with van der Waals surface area (Å²) in [6.07, 6.45) is 1.77. The van der Waals surface area contributed by atoms with E-state index in [1.54, 1.807) is 0 Å². The zero-order valence-electron chi connectivity index (χ0n) is 12.6. The number of carbonyl (C=O) groups is 1. The van der Waals surface area contributed by atoms with Gasteiger partial charge in [-0.2, -0.15) is 0 Å². The number of benzene rings is 2. The van der Waals surface area contributed by atoms with Gasteiger partial charge in [0, 0.05) is 18.4 Å². The molecule has 0 aliphatic carbocycles. The van der Waals surface area contributed by atoms with Crippen molar-refractivity contribution in [3.8, 4) is 0 Å². The number of hydrogen-bond donors (Lipinski definition) is 1. The van der Waals surface area contributed by atoms with Gasteiger partial charge in [0.25, 0.3) is 0 Å². The van der Waals surface area contributed by atoms with Crippen LogP contribution in [-0.4, -0.2) is 35.2 Å². The second kappa shape index (κ2) is 5.15. The zero-order chi connectivity index (χ0) is 15.0. The summed E-state index contributed by atoms with van der Waals surface area (Å²) in [5.74, 6) is -0.665. The van der Waals surface area contributed by atoms with Crippen LogP contribution in [0.15, 0.2) is 42.5 Å². The van der Waals surface area contributed by atoms with Crippen molar-refractivity contribution in [2.24, 2.45) is 0 Å². The molecule has 21 heavy (non-hydrogen) atoms. The second-order valence-corrected chi connectivity index (χ2v) is 6.31. The Labute approximate surface area is 125 Å². The van der Waals surface area contributed by atoms with Gasteiger partial charge in [-0.3, -0.25) is 0 Å². The molecular formula is C18H22NO2+. The van der Waals surface area contributed by atoms with Crippen molar-refractivity contribution in [3.05, 3.63) is 48.0 Å². The van der Waals surface area contributed by atoms with Crippen molar-refractivity contribution in [1.82, 2.24) is 0 Å². The molecule has 3 heteroatoms. The van der Waals surface area contributed by atoms with Crippen molar-refractivity contribution in [2.45, 2.75) is 31.8 Å².